The highest BCUT2D eigenvalue weighted by atomic mass is 19.3. The number of para-hydroxylation sites is 1. The van der Waals surface area contributed by atoms with Crippen molar-refractivity contribution in [2.24, 2.45) is 0 Å². The van der Waals surface area contributed by atoms with E-state index in [0.717, 1.165) is 0 Å². The molecule has 0 amide bonds. The first-order valence-corrected chi connectivity index (χ1v) is 5.24. The minimum Gasteiger partial charge on any atom is -0.493 e. The van der Waals surface area contributed by atoms with E-state index in [0.29, 0.717) is 13.0 Å². The maximum atomic E-state index is 12.4. The zero-order valence-electron chi connectivity index (χ0n) is 9.70. The summed E-state index contributed by atoms with van der Waals surface area (Å²) in [6, 6.07) is 4.35. The second-order valence-corrected chi connectivity index (χ2v) is 3.35. The number of ketones is 1. The topological polar surface area (TPSA) is 35.5 Å². The van der Waals surface area contributed by atoms with Gasteiger partial charge in [0.1, 0.15) is 0 Å². The van der Waals surface area contributed by atoms with E-state index in [1.54, 1.807) is 6.07 Å². The summed E-state index contributed by atoms with van der Waals surface area (Å²) in [5.74, 6) is -0.887. The van der Waals surface area contributed by atoms with E-state index >= 15 is 0 Å². The van der Waals surface area contributed by atoms with E-state index in [2.05, 4.69) is 0 Å². The quantitative estimate of drug-likeness (QED) is 0.722. The third kappa shape index (κ3) is 3.15. The van der Waals surface area contributed by atoms with Crippen LogP contribution in [0.2, 0.25) is 0 Å². The predicted molar refractivity (Wildman–Crippen MR) is 59.1 cm³/mol. The fourth-order valence-corrected chi connectivity index (χ4v) is 1.34. The van der Waals surface area contributed by atoms with E-state index < -0.39 is 12.2 Å². The van der Waals surface area contributed by atoms with Crippen LogP contribution in [0.5, 0.6) is 11.5 Å². The molecule has 3 nitrogen and oxygen atoms in total. The van der Waals surface area contributed by atoms with Crippen LogP contribution in [0.15, 0.2) is 18.2 Å². The van der Waals surface area contributed by atoms with Gasteiger partial charge in [0.25, 0.3) is 0 Å². The molecule has 0 atom stereocenters. The molecule has 94 valence electrons. The normalized spacial score (nSPS) is 10.4. The Bertz CT molecular complexity index is 391. The van der Waals surface area contributed by atoms with Gasteiger partial charge < -0.3 is 9.47 Å². The van der Waals surface area contributed by atoms with Crippen molar-refractivity contribution in [3.05, 3.63) is 23.8 Å². The fraction of sp³-hybridized carbons (Fsp3) is 0.417. The molecule has 1 aromatic carbocycles. The summed E-state index contributed by atoms with van der Waals surface area (Å²) in [4.78, 5) is 11.3. The Morgan fingerprint density at radius 1 is 1.41 bits per heavy atom. The molecule has 0 aliphatic carbocycles. The van der Waals surface area contributed by atoms with Crippen molar-refractivity contribution in [1.82, 2.24) is 0 Å². The van der Waals surface area contributed by atoms with Gasteiger partial charge in [0.2, 0.25) is 5.78 Å². The summed E-state index contributed by atoms with van der Waals surface area (Å²) in [7, 11) is 1.39. The maximum absolute atomic E-state index is 12.4. The number of Topliss-reactive ketones (excluding diaryl/α,β-unsaturated/α-hetero) is 1. The number of hydrogen-bond donors (Lipinski definition) is 0. The zero-order chi connectivity index (χ0) is 12.8. The van der Waals surface area contributed by atoms with Crippen molar-refractivity contribution >= 4 is 5.78 Å². The Balaban J connectivity index is 3.14. The van der Waals surface area contributed by atoms with Crippen LogP contribution in [0.3, 0.4) is 0 Å². The van der Waals surface area contributed by atoms with Gasteiger partial charge in [-0.15, -0.1) is 0 Å². The van der Waals surface area contributed by atoms with E-state index in [9.17, 15) is 13.6 Å². The van der Waals surface area contributed by atoms with Gasteiger partial charge in [0, 0.05) is 0 Å². The van der Waals surface area contributed by atoms with Gasteiger partial charge in [-0.2, -0.15) is 0 Å². The van der Waals surface area contributed by atoms with Crippen LogP contribution in [-0.4, -0.2) is 25.9 Å². The van der Waals surface area contributed by atoms with Gasteiger partial charge in [-0.1, -0.05) is 13.0 Å². The third-order valence-electron chi connectivity index (χ3n) is 2.11. The fourth-order valence-electron chi connectivity index (χ4n) is 1.34. The molecule has 0 aliphatic heterocycles. The molecular formula is C12H14F2O3. The van der Waals surface area contributed by atoms with Gasteiger partial charge in [0.15, 0.2) is 11.5 Å². The molecule has 1 rings (SSSR count). The van der Waals surface area contributed by atoms with Crippen molar-refractivity contribution in [3.8, 4) is 11.5 Å². The Hall–Kier alpha value is -1.65. The number of alkyl halides is 2. The molecule has 0 bridgehead atoms. The monoisotopic (exact) mass is 244 g/mol. The number of ether oxygens (including phenoxy) is 2. The number of methoxy groups -OCH3 is 1. The highest BCUT2D eigenvalue weighted by Crippen LogP contribution is 2.32. The molecule has 0 aromatic heterocycles. The van der Waals surface area contributed by atoms with Crippen LogP contribution in [0, 0.1) is 0 Å². The van der Waals surface area contributed by atoms with Crippen molar-refractivity contribution in [2.75, 3.05) is 13.7 Å². The standard InChI is InChI=1S/C12H14F2O3/c1-3-7-17-11-8(10(15)12(13)14)5-4-6-9(11)16-2/h4-6,12H,3,7H2,1-2H3. The molecule has 5 heteroatoms. The average molecular weight is 244 g/mol. The molecular weight excluding hydrogens is 230 g/mol. The Morgan fingerprint density at radius 2 is 2.12 bits per heavy atom. The lowest BCUT2D eigenvalue weighted by Gasteiger charge is -2.13. The molecule has 0 radical (unpaired) electrons. The molecule has 0 aliphatic rings. The molecule has 1 aromatic rings. The van der Waals surface area contributed by atoms with Crippen LogP contribution >= 0.6 is 0 Å². The number of carbonyl (C=O) groups is 1. The number of benzene rings is 1. The van der Waals surface area contributed by atoms with Crippen molar-refractivity contribution in [3.63, 3.8) is 0 Å². The number of rotatable bonds is 6. The largest absolute Gasteiger partial charge is 0.493 e. The van der Waals surface area contributed by atoms with Gasteiger partial charge in [-0.3, -0.25) is 4.79 Å². The predicted octanol–water partition coefficient (Wildman–Crippen LogP) is 2.93. The van der Waals surface area contributed by atoms with E-state index in [-0.39, 0.29) is 17.1 Å². The van der Waals surface area contributed by atoms with Gasteiger partial charge >= 0.3 is 6.43 Å². The Labute approximate surface area is 98.3 Å². The highest BCUT2D eigenvalue weighted by molar-refractivity contribution is 6.01. The maximum Gasteiger partial charge on any atom is 0.300 e. The van der Waals surface area contributed by atoms with Crippen LogP contribution in [0.25, 0.3) is 0 Å². The minimum atomic E-state index is -3.05. The summed E-state index contributed by atoms with van der Waals surface area (Å²) >= 11 is 0. The lowest BCUT2D eigenvalue weighted by atomic mass is 10.1. The molecule has 0 unspecified atom stereocenters. The van der Waals surface area contributed by atoms with Gasteiger partial charge in [-0.05, 0) is 18.6 Å². The second kappa shape index (κ2) is 6.18. The molecule has 0 saturated heterocycles. The number of carbonyl (C=O) groups excluding carboxylic acids is 1. The molecule has 17 heavy (non-hydrogen) atoms. The summed E-state index contributed by atoms with van der Waals surface area (Å²) < 4.78 is 35.1. The molecule has 0 heterocycles. The second-order valence-electron chi connectivity index (χ2n) is 3.35. The number of hydrogen-bond acceptors (Lipinski definition) is 3. The van der Waals surface area contributed by atoms with Crippen LogP contribution in [0.1, 0.15) is 23.7 Å². The van der Waals surface area contributed by atoms with Crippen LogP contribution < -0.4 is 9.47 Å². The number of halogens is 2. The Kier molecular flexibility index (Phi) is 4.87. The van der Waals surface area contributed by atoms with Gasteiger partial charge in [-0.25, -0.2) is 8.78 Å². The average Bonchev–Trinajstić information content (AvgIpc) is 2.34. The zero-order valence-corrected chi connectivity index (χ0v) is 9.70. The minimum absolute atomic E-state index is 0.0853. The molecule has 0 fully saturated rings. The summed E-state index contributed by atoms with van der Waals surface area (Å²) in [5.41, 5.74) is -0.146. The molecule has 0 N–H and O–H groups in total. The first-order valence-electron chi connectivity index (χ1n) is 5.24. The van der Waals surface area contributed by atoms with Gasteiger partial charge in [0.05, 0.1) is 19.3 Å². The lowest BCUT2D eigenvalue weighted by Crippen LogP contribution is -2.13. The van der Waals surface area contributed by atoms with Crippen LogP contribution in [0.4, 0.5) is 8.78 Å². The van der Waals surface area contributed by atoms with E-state index in [4.69, 9.17) is 9.47 Å². The smallest absolute Gasteiger partial charge is 0.300 e. The third-order valence-corrected chi connectivity index (χ3v) is 2.11. The summed E-state index contributed by atoms with van der Waals surface area (Å²) in [5, 5.41) is 0. The van der Waals surface area contributed by atoms with E-state index in [1.807, 2.05) is 6.92 Å². The first kappa shape index (κ1) is 13.4. The first-order chi connectivity index (χ1) is 8.11. The molecule has 0 spiro atoms. The Morgan fingerprint density at radius 3 is 2.65 bits per heavy atom. The summed E-state index contributed by atoms with van der Waals surface area (Å²) in [6.45, 7) is 2.22. The lowest BCUT2D eigenvalue weighted by molar-refractivity contribution is 0.0674. The van der Waals surface area contributed by atoms with Crippen LogP contribution in [-0.2, 0) is 0 Å². The highest BCUT2D eigenvalue weighted by Gasteiger charge is 2.24. The van der Waals surface area contributed by atoms with Crippen molar-refractivity contribution in [2.45, 2.75) is 19.8 Å². The molecule has 0 saturated carbocycles. The van der Waals surface area contributed by atoms with Crippen molar-refractivity contribution < 1.29 is 23.0 Å². The summed E-state index contributed by atoms with van der Waals surface area (Å²) in [6.07, 6.45) is -2.34. The van der Waals surface area contributed by atoms with E-state index in [1.165, 1.54) is 19.2 Å². The SMILES string of the molecule is CCCOc1c(OC)cccc1C(=O)C(F)F. The van der Waals surface area contributed by atoms with Crippen molar-refractivity contribution in [1.29, 1.82) is 0 Å².